The molecule has 0 unspecified atom stereocenters. The molecular weight excluding hydrogens is 252 g/mol. The van der Waals surface area contributed by atoms with E-state index in [9.17, 15) is 9.90 Å². The first-order valence-corrected chi connectivity index (χ1v) is 7.33. The van der Waals surface area contributed by atoms with E-state index in [0.29, 0.717) is 18.0 Å². The first-order valence-electron chi connectivity index (χ1n) is 7.33. The number of likely N-dealkylation sites (tertiary alicyclic amines) is 1. The largest absolute Gasteiger partial charge is 0.507 e. The number of hydrogen-bond acceptors (Lipinski definition) is 3. The van der Waals surface area contributed by atoms with Crippen molar-refractivity contribution < 1.29 is 9.90 Å². The number of amides is 1. The van der Waals surface area contributed by atoms with Gasteiger partial charge in [0, 0.05) is 6.54 Å². The Morgan fingerprint density at radius 1 is 1.40 bits per heavy atom. The van der Waals surface area contributed by atoms with Crippen LogP contribution in [0.25, 0.3) is 0 Å². The van der Waals surface area contributed by atoms with E-state index >= 15 is 0 Å². The number of para-hydroxylation sites is 1. The molecule has 4 heteroatoms. The van der Waals surface area contributed by atoms with Crippen LogP contribution in [0.3, 0.4) is 0 Å². The van der Waals surface area contributed by atoms with E-state index in [1.807, 2.05) is 0 Å². The molecule has 20 heavy (non-hydrogen) atoms. The molecular formula is C16H24N2O2. The number of nitrogens with one attached hydrogen (secondary N) is 1. The Labute approximate surface area is 120 Å². The summed E-state index contributed by atoms with van der Waals surface area (Å²) < 4.78 is 0. The maximum Gasteiger partial charge on any atom is 0.255 e. The molecule has 1 saturated heterocycles. The average Bonchev–Trinajstić information content (AvgIpc) is 2.44. The first kappa shape index (κ1) is 14.9. The first-order chi connectivity index (χ1) is 9.58. The molecule has 1 heterocycles. The van der Waals surface area contributed by atoms with Gasteiger partial charge in [-0.3, -0.25) is 4.79 Å². The zero-order valence-corrected chi connectivity index (χ0v) is 12.4. The van der Waals surface area contributed by atoms with E-state index in [1.54, 1.807) is 25.1 Å². The van der Waals surface area contributed by atoms with Crippen LogP contribution in [-0.2, 0) is 0 Å². The Morgan fingerprint density at radius 3 is 2.80 bits per heavy atom. The fourth-order valence-corrected chi connectivity index (χ4v) is 2.68. The lowest BCUT2D eigenvalue weighted by molar-refractivity contribution is 0.0946. The summed E-state index contributed by atoms with van der Waals surface area (Å²) in [4.78, 5) is 14.4. The van der Waals surface area contributed by atoms with Gasteiger partial charge < -0.3 is 15.3 Å². The number of piperidine rings is 1. The van der Waals surface area contributed by atoms with E-state index in [2.05, 4.69) is 17.3 Å². The fraction of sp³-hybridized carbons (Fsp3) is 0.562. The predicted molar refractivity (Wildman–Crippen MR) is 80.0 cm³/mol. The van der Waals surface area contributed by atoms with Crippen LogP contribution < -0.4 is 5.32 Å². The van der Waals surface area contributed by atoms with E-state index in [4.69, 9.17) is 0 Å². The normalized spacial score (nSPS) is 17.1. The summed E-state index contributed by atoms with van der Waals surface area (Å²) in [6, 6.07) is 5.25. The third-order valence-electron chi connectivity index (χ3n) is 4.16. The van der Waals surface area contributed by atoms with Crippen LogP contribution in [0, 0.1) is 12.8 Å². The van der Waals surface area contributed by atoms with Crippen molar-refractivity contribution in [1.82, 2.24) is 10.2 Å². The minimum Gasteiger partial charge on any atom is -0.507 e. The number of carbonyl (C=O) groups is 1. The zero-order valence-electron chi connectivity index (χ0n) is 12.4. The fourth-order valence-electron chi connectivity index (χ4n) is 2.68. The van der Waals surface area contributed by atoms with Crippen LogP contribution in [0.1, 0.15) is 35.2 Å². The maximum atomic E-state index is 12.0. The van der Waals surface area contributed by atoms with Gasteiger partial charge in [-0.05, 0) is 63.9 Å². The monoisotopic (exact) mass is 276 g/mol. The van der Waals surface area contributed by atoms with Crippen molar-refractivity contribution in [2.75, 3.05) is 26.7 Å². The topological polar surface area (TPSA) is 52.6 Å². The Balaban J connectivity index is 1.79. The molecule has 0 aromatic heterocycles. The van der Waals surface area contributed by atoms with Crippen molar-refractivity contribution in [3.05, 3.63) is 29.3 Å². The number of nitrogens with zero attached hydrogens (tertiary/aromatic N) is 1. The van der Waals surface area contributed by atoms with Gasteiger partial charge in [0.15, 0.2) is 0 Å². The van der Waals surface area contributed by atoms with Crippen molar-refractivity contribution >= 4 is 5.91 Å². The van der Waals surface area contributed by atoms with Gasteiger partial charge in [-0.15, -0.1) is 0 Å². The Hall–Kier alpha value is -1.55. The van der Waals surface area contributed by atoms with Crippen molar-refractivity contribution in [3.8, 4) is 5.75 Å². The van der Waals surface area contributed by atoms with Crippen LogP contribution in [0.5, 0.6) is 5.75 Å². The van der Waals surface area contributed by atoms with Crippen LogP contribution in [0.4, 0.5) is 0 Å². The smallest absolute Gasteiger partial charge is 0.255 e. The van der Waals surface area contributed by atoms with Crippen molar-refractivity contribution in [2.45, 2.75) is 26.2 Å². The van der Waals surface area contributed by atoms with Crippen LogP contribution >= 0.6 is 0 Å². The number of phenolic OH excluding ortho intramolecular Hbond substituents is 1. The summed E-state index contributed by atoms with van der Waals surface area (Å²) in [5, 5.41) is 12.8. The SMILES string of the molecule is Cc1cccc(C(=O)NCCC2CCN(C)CC2)c1O. The van der Waals surface area contributed by atoms with Gasteiger partial charge in [-0.2, -0.15) is 0 Å². The summed E-state index contributed by atoms with van der Waals surface area (Å²) in [6.07, 6.45) is 3.44. The van der Waals surface area contributed by atoms with Gasteiger partial charge in [-0.25, -0.2) is 0 Å². The lowest BCUT2D eigenvalue weighted by Crippen LogP contribution is -2.32. The van der Waals surface area contributed by atoms with Gasteiger partial charge in [0.2, 0.25) is 0 Å². The van der Waals surface area contributed by atoms with Crippen LogP contribution in [-0.4, -0.2) is 42.6 Å². The molecule has 1 fully saturated rings. The van der Waals surface area contributed by atoms with Crippen LogP contribution in [0.2, 0.25) is 0 Å². The minimum atomic E-state index is -0.181. The molecule has 1 amide bonds. The number of benzene rings is 1. The molecule has 0 saturated carbocycles. The zero-order chi connectivity index (χ0) is 14.5. The highest BCUT2D eigenvalue weighted by Gasteiger charge is 2.17. The Kier molecular flexibility index (Phi) is 5.01. The molecule has 1 aliphatic rings. The molecule has 4 nitrogen and oxygen atoms in total. The number of hydrogen-bond donors (Lipinski definition) is 2. The summed E-state index contributed by atoms with van der Waals surface area (Å²) >= 11 is 0. The lowest BCUT2D eigenvalue weighted by Gasteiger charge is -2.28. The van der Waals surface area contributed by atoms with Crippen LogP contribution in [0.15, 0.2) is 18.2 Å². The van der Waals surface area contributed by atoms with Crippen molar-refractivity contribution in [1.29, 1.82) is 0 Å². The molecule has 110 valence electrons. The van der Waals surface area contributed by atoms with Gasteiger partial charge in [0.25, 0.3) is 5.91 Å². The van der Waals surface area contributed by atoms with Gasteiger partial charge in [0.05, 0.1) is 5.56 Å². The third-order valence-corrected chi connectivity index (χ3v) is 4.16. The molecule has 2 N–H and O–H groups in total. The molecule has 1 aromatic carbocycles. The maximum absolute atomic E-state index is 12.0. The standard InChI is InChI=1S/C16H24N2O2/c1-12-4-3-5-14(15(12)19)16(20)17-9-6-13-7-10-18(2)11-8-13/h3-5,13,19H,6-11H2,1-2H3,(H,17,20). The average molecular weight is 276 g/mol. The molecule has 2 rings (SSSR count). The Bertz CT molecular complexity index is 466. The molecule has 1 aromatic rings. The number of phenols is 1. The second kappa shape index (κ2) is 6.75. The number of rotatable bonds is 4. The number of carbonyl (C=O) groups excluding carboxylic acids is 1. The molecule has 0 spiro atoms. The summed E-state index contributed by atoms with van der Waals surface area (Å²) in [5.41, 5.74) is 1.10. The highest BCUT2D eigenvalue weighted by Crippen LogP contribution is 2.22. The Morgan fingerprint density at radius 2 is 2.10 bits per heavy atom. The molecule has 0 bridgehead atoms. The predicted octanol–water partition coefficient (Wildman–Crippen LogP) is 2.16. The second-order valence-electron chi connectivity index (χ2n) is 5.76. The highest BCUT2D eigenvalue weighted by atomic mass is 16.3. The van der Waals surface area contributed by atoms with E-state index in [0.717, 1.165) is 25.1 Å². The molecule has 1 aliphatic heterocycles. The second-order valence-corrected chi connectivity index (χ2v) is 5.76. The molecule has 0 aliphatic carbocycles. The van der Waals surface area contributed by atoms with E-state index in [-0.39, 0.29) is 11.7 Å². The number of aromatic hydroxyl groups is 1. The molecule has 0 atom stereocenters. The van der Waals surface area contributed by atoms with Gasteiger partial charge >= 0.3 is 0 Å². The highest BCUT2D eigenvalue weighted by molar-refractivity contribution is 5.97. The van der Waals surface area contributed by atoms with Crippen molar-refractivity contribution in [3.63, 3.8) is 0 Å². The van der Waals surface area contributed by atoms with Gasteiger partial charge in [0.1, 0.15) is 5.75 Å². The summed E-state index contributed by atoms with van der Waals surface area (Å²) in [6.45, 7) is 4.78. The summed E-state index contributed by atoms with van der Waals surface area (Å²) in [5.74, 6) is 0.612. The number of aryl methyl sites for hydroxylation is 1. The minimum absolute atomic E-state index is 0.0873. The van der Waals surface area contributed by atoms with E-state index < -0.39 is 0 Å². The summed E-state index contributed by atoms with van der Waals surface area (Å²) in [7, 11) is 2.15. The van der Waals surface area contributed by atoms with E-state index in [1.165, 1.54) is 12.8 Å². The lowest BCUT2D eigenvalue weighted by atomic mass is 9.94. The third kappa shape index (κ3) is 3.73. The van der Waals surface area contributed by atoms with Gasteiger partial charge in [-0.1, -0.05) is 12.1 Å². The van der Waals surface area contributed by atoms with Crippen molar-refractivity contribution in [2.24, 2.45) is 5.92 Å². The quantitative estimate of drug-likeness (QED) is 0.886. The molecule has 0 radical (unpaired) electrons.